The Bertz CT molecular complexity index is 405. The summed E-state index contributed by atoms with van der Waals surface area (Å²) < 4.78 is 9.81. The first-order valence-electron chi connectivity index (χ1n) is 4.19. The third-order valence-corrected chi connectivity index (χ3v) is 2.05. The second-order valence-electron chi connectivity index (χ2n) is 2.95. The van der Waals surface area contributed by atoms with E-state index in [2.05, 4.69) is 0 Å². The molecule has 1 heterocycles. The van der Waals surface area contributed by atoms with Gasteiger partial charge in [0.15, 0.2) is 5.75 Å². The van der Waals surface area contributed by atoms with E-state index in [1.165, 1.54) is 19.2 Å². The van der Waals surface area contributed by atoms with Gasteiger partial charge in [-0.2, -0.15) is 5.06 Å². The zero-order chi connectivity index (χ0) is 11.0. The summed E-state index contributed by atoms with van der Waals surface area (Å²) in [6.07, 6.45) is -1.69. The SMILES string of the molecule is COc1ccc2c(c1)O[13CH](O)C(=O)N2O. The second kappa shape index (κ2) is 3.41. The predicted molar refractivity (Wildman–Crippen MR) is 48.9 cm³/mol. The first kappa shape index (κ1) is 9.75. The summed E-state index contributed by atoms with van der Waals surface area (Å²) in [6, 6.07) is 4.49. The Morgan fingerprint density at radius 2 is 2.27 bits per heavy atom. The molecule has 0 aliphatic carbocycles. The molecule has 1 atom stereocenters. The summed E-state index contributed by atoms with van der Waals surface area (Å²) in [6.45, 7) is 0. The topological polar surface area (TPSA) is 79.2 Å². The monoisotopic (exact) mass is 212 g/mol. The third-order valence-electron chi connectivity index (χ3n) is 2.05. The molecule has 6 nitrogen and oxygen atoms in total. The highest BCUT2D eigenvalue weighted by molar-refractivity contribution is 5.96. The van der Waals surface area contributed by atoms with Crippen LogP contribution in [0.3, 0.4) is 0 Å². The average molecular weight is 212 g/mol. The Morgan fingerprint density at radius 1 is 1.53 bits per heavy atom. The number of rotatable bonds is 1. The number of nitrogens with zero attached hydrogens (tertiary/aromatic N) is 1. The molecule has 1 unspecified atom stereocenters. The fraction of sp³-hybridized carbons (Fsp3) is 0.222. The number of fused-ring (bicyclic) bond motifs is 1. The van der Waals surface area contributed by atoms with E-state index in [0.717, 1.165) is 0 Å². The number of hydrogen-bond donors (Lipinski definition) is 2. The summed E-state index contributed by atoms with van der Waals surface area (Å²) in [4.78, 5) is 11.1. The molecule has 2 rings (SSSR count). The maximum Gasteiger partial charge on any atom is 0.320 e. The van der Waals surface area contributed by atoms with E-state index in [-0.39, 0.29) is 11.4 Å². The maximum atomic E-state index is 11.1. The average Bonchev–Trinajstić information content (AvgIpc) is 2.25. The molecule has 15 heavy (non-hydrogen) atoms. The summed E-state index contributed by atoms with van der Waals surface area (Å²) >= 11 is 0. The molecule has 0 spiro atoms. The number of benzene rings is 1. The van der Waals surface area contributed by atoms with Crippen LogP contribution in [0.25, 0.3) is 0 Å². The first-order valence-corrected chi connectivity index (χ1v) is 4.19. The summed E-state index contributed by atoms with van der Waals surface area (Å²) in [5.74, 6) is -0.236. The van der Waals surface area contributed by atoms with Crippen LogP contribution in [0.2, 0.25) is 0 Å². The molecule has 6 heteroatoms. The van der Waals surface area contributed by atoms with Gasteiger partial charge in [-0.25, -0.2) is 0 Å². The molecular weight excluding hydrogens is 203 g/mol. The van der Waals surface area contributed by atoms with Crippen LogP contribution in [0.5, 0.6) is 11.5 Å². The summed E-state index contributed by atoms with van der Waals surface area (Å²) in [7, 11) is 1.48. The van der Waals surface area contributed by atoms with E-state index in [9.17, 15) is 10.0 Å². The van der Waals surface area contributed by atoms with Crippen molar-refractivity contribution in [3.63, 3.8) is 0 Å². The lowest BCUT2D eigenvalue weighted by Gasteiger charge is -2.27. The first-order chi connectivity index (χ1) is 7.13. The molecule has 0 saturated carbocycles. The normalized spacial score (nSPS) is 19.5. The minimum Gasteiger partial charge on any atom is -0.497 e. The van der Waals surface area contributed by atoms with E-state index < -0.39 is 12.2 Å². The Hall–Kier alpha value is -1.79. The molecule has 0 bridgehead atoms. The number of ether oxygens (including phenoxy) is 2. The van der Waals surface area contributed by atoms with Gasteiger partial charge in [0.05, 0.1) is 7.11 Å². The molecule has 0 saturated heterocycles. The fourth-order valence-electron chi connectivity index (χ4n) is 1.28. The molecule has 0 aromatic heterocycles. The minimum absolute atomic E-state index is 0.172. The van der Waals surface area contributed by atoms with E-state index >= 15 is 0 Å². The van der Waals surface area contributed by atoms with Crippen molar-refractivity contribution in [3.8, 4) is 11.5 Å². The van der Waals surface area contributed by atoms with Gasteiger partial charge in [-0.1, -0.05) is 0 Å². The van der Waals surface area contributed by atoms with Crippen LogP contribution in [-0.4, -0.2) is 29.6 Å². The quantitative estimate of drug-likeness (QED) is 0.511. The van der Waals surface area contributed by atoms with Gasteiger partial charge in [0, 0.05) is 6.07 Å². The third kappa shape index (κ3) is 1.49. The van der Waals surface area contributed by atoms with Crippen LogP contribution < -0.4 is 14.5 Å². The van der Waals surface area contributed by atoms with E-state index in [1.807, 2.05) is 0 Å². The van der Waals surface area contributed by atoms with E-state index in [1.54, 1.807) is 6.07 Å². The lowest BCUT2D eigenvalue weighted by Crippen LogP contribution is -2.43. The predicted octanol–water partition coefficient (Wildman–Crippen LogP) is 0.128. The van der Waals surface area contributed by atoms with E-state index in [4.69, 9.17) is 14.6 Å². The van der Waals surface area contributed by atoms with Crippen molar-refractivity contribution in [2.45, 2.75) is 6.29 Å². The summed E-state index contributed by atoms with van der Waals surface area (Å²) in [5.41, 5.74) is 0.172. The highest BCUT2D eigenvalue weighted by atomic mass is 16.7. The lowest BCUT2D eigenvalue weighted by atomic mass is 10.2. The lowest BCUT2D eigenvalue weighted by molar-refractivity contribution is -0.148. The van der Waals surface area contributed by atoms with Gasteiger partial charge < -0.3 is 14.6 Å². The zero-order valence-electron chi connectivity index (χ0n) is 7.88. The number of anilines is 1. The molecule has 1 aliphatic heterocycles. The van der Waals surface area contributed by atoms with Gasteiger partial charge in [0.1, 0.15) is 11.4 Å². The molecule has 0 fully saturated rings. The van der Waals surface area contributed by atoms with Crippen LogP contribution >= 0.6 is 0 Å². The van der Waals surface area contributed by atoms with Crippen molar-refractivity contribution in [2.75, 3.05) is 12.2 Å². The molecule has 1 amide bonds. The second-order valence-corrected chi connectivity index (χ2v) is 2.95. The molecule has 1 aromatic carbocycles. The minimum atomic E-state index is -1.69. The van der Waals surface area contributed by atoms with Gasteiger partial charge in [-0.3, -0.25) is 10.0 Å². The molecule has 1 aliphatic rings. The molecule has 1 aromatic rings. The summed E-state index contributed by atoms with van der Waals surface area (Å²) in [5, 5.41) is 18.9. The van der Waals surface area contributed by atoms with Crippen LogP contribution in [-0.2, 0) is 4.79 Å². The number of carbonyl (C=O) groups excluding carboxylic acids is 1. The standard InChI is InChI=1S/C9H9NO5/c1-14-5-2-3-6-7(4-5)15-9(12)8(11)10(6)13/h2-4,9,12-13H,1H3/i9+1. The number of aliphatic hydroxyl groups excluding tert-OH is 1. The van der Waals surface area contributed by atoms with Crippen LogP contribution in [0, 0.1) is 0 Å². The number of hydrogen-bond acceptors (Lipinski definition) is 5. The van der Waals surface area contributed by atoms with Gasteiger partial charge in [-0.15, -0.1) is 0 Å². The van der Waals surface area contributed by atoms with Crippen molar-refractivity contribution < 1.29 is 24.6 Å². The van der Waals surface area contributed by atoms with Crippen molar-refractivity contribution >= 4 is 11.6 Å². The molecule has 0 radical (unpaired) electrons. The largest absolute Gasteiger partial charge is 0.497 e. The molecular formula is C9H9NO5. The Labute approximate surface area is 85.2 Å². The van der Waals surface area contributed by atoms with Crippen molar-refractivity contribution in [1.82, 2.24) is 0 Å². The van der Waals surface area contributed by atoms with Crippen molar-refractivity contribution in [3.05, 3.63) is 18.2 Å². The number of aliphatic hydroxyl groups is 1. The van der Waals surface area contributed by atoms with Crippen LogP contribution in [0.15, 0.2) is 18.2 Å². The maximum absolute atomic E-state index is 11.1. The van der Waals surface area contributed by atoms with E-state index in [0.29, 0.717) is 10.8 Å². The Balaban J connectivity index is 2.45. The van der Waals surface area contributed by atoms with Gasteiger partial charge in [-0.05, 0) is 12.1 Å². The van der Waals surface area contributed by atoms with Crippen LogP contribution in [0.1, 0.15) is 0 Å². The number of methoxy groups -OCH3 is 1. The molecule has 80 valence electrons. The van der Waals surface area contributed by atoms with Gasteiger partial charge in [0.25, 0.3) is 6.29 Å². The smallest absolute Gasteiger partial charge is 0.320 e. The van der Waals surface area contributed by atoms with Crippen molar-refractivity contribution in [1.29, 1.82) is 0 Å². The Kier molecular flexibility index (Phi) is 2.22. The highest BCUT2D eigenvalue weighted by Crippen LogP contribution is 2.35. The molecule has 2 N–H and O–H groups in total. The zero-order valence-corrected chi connectivity index (χ0v) is 7.88. The Morgan fingerprint density at radius 3 is 2.93 bits per heavy atom. The van der Waals surface area contributed by atoms with Gasteiger partial charge in [0.2, 0.25) is 0 Å². The fourth-order valence-corrected chi connectivity index (χ4v) is 1.28. The van der Waals surface area contributed by atoms with Crippen molar-refractivity contribution in [2.24, 2.45) is 0 Å². The van der Waals surface area contributed by atoms with Gasteiger partial charge >= 0.3 is 5.91 Å². The highest BCUT2D eigenvalue weighted by Gasteiger charge is 2.32. The number of carbonyl (C=O) groups is 1. The number of amides is 1. The van der Waals surface area contributed by atoms with Crippen LogP contribution in [0.4, 0.5) is 5.69 Å². The number of hydroxylamine groups is 1.